The first kappa shape index (κ1) is 40.8. The normalized spacial score (nSPS) is 17.6. The molecule has 14 heteroatoms. The molecule has 2 saturated heterocycles. The van der Waals surface area contributed by atoms with Gasteiger partial charge in [-0.1, -0.05) is 108 Å². The maximum Gasteiger partial charge on any atom is 0.407 e. The van der Waals surface area contributed by atoms with Gasteiger partial charge in [0.05, 0.1) is 35.9 Å². The Labute approximate surface area is 358 Å². The Morgan fingerprint density at radius 3 is 1.45 bits per heavy atom. The van der Waals surface area contributed by atoms with Gasteiger partial charge in [0.15, 0.2) is 0 Å². The third-order valence-electron chi connectivity index (χ3n) is 11.7. The van der Waals surface area contributed by atoms with E-state index in [1.165, 1.54) is 7.05 Å². The number of H-pyrrole nitrogens is 2. The van der Waals surface area contributed by atoms with Crippen molar-refractivity contribution >= 4 is 41.1 Å². The first-order chi connectivity index (χ1) is 29.0. The highest BCUT2D eigenvalue weighted by atomic mass is 35.5. The first-order valence-electron chi connectivity index (χ1n) is 20.0. The lowest BCUT2D eigenvalue weighted by Gasteiger charge is -2.32. The molecule has 8 rings (SSSR count). The molecule has 0 spiro atoms. The molecule has 3 N–H and O–H groups in total. The zero-order valence-electron chi connectivity index (χ0n) is 33.6. The van der Waals surface area contributed by atoms with Crippen LogP contribution in [0.5, 0.6) is 0 Å². The number of carboxylic acid groups (broad SMARTS) is 1. The quantitative estimate of drug-likeness (QED) is 0.118. The number of imidazole rings is 2. The van der Waals surface area contributed by atoms with E-state index in [0.29, 0.717) is 40.9 Å². The summed E-state index contributed by atoms with van der Waals surface area (Å²) in [4.78, 5) is 63.1. The van der Waals surface area contributed by atoms with E-state index in [2.05, 4.69) is 51.4 Å². The molecule has 60 heavy (non-hydrogen) atoms. The summed E-state index contributed by atoms with van der Waals surface area (Å²) < 4.78 is 0. The number of likely N-dealkylation sites (N-methyl/N-ethyl adjacent to an activating group) is 2. The fourth-order valence-electron chi connectivity index (χ4n) is 8.58. The number of rotatable bonds is 11. The van der Waals surface area contributed by atoms with Crippen molar-refractivity contribution in [2.24, 2.45) is 0 Å². The molecule has 0 saturated carbocycles. The van der Waals surface area contributed by atoms with Crippen LogP contribution in [0.4, 0.5) is 4.79 Å². The highest BCUT2D eigenvalue weighted by molar-refractivity contribution is 6.32. The molecule has 2 unspecified atom stereocenters. The van der Waals surface area contributed by atoms with Gasteiger partial charge in [-0.15, -0.1) is 0 Å². The van der Waals surface area contributed by atoms with Crippen LogP contribution in [0.15, 0.2) is 109 Å². The van der Waals surface area contributed by atoms with Crippen molar-refractivity contribution in [1.82, 2.24) is 39.5 Å². The summed E-state index contributed by atoms with van der Waals surface area (Å²) in [5, 5.41) is 10.8. The van der Waals surface area contributed by atoms with Crippen molar-refractivity contribution in [3.8, 4) is 33.6 Å². The predicted octanol–water partition coefficient (Wildman–Crippen LogP) is 9.42. The maximum absolute atomic E-state index is 14.1. The van der Waals surface area contributed by atoms with E-state index >= 15 is 0 Å². The molecule has 0 aliphatic carbocycles. The molecular weight excluding hydrogens is 799 g/mol. The number of halogens is 2. The Morgan fingerprint density at radius 1 is 0.633 bits per heavy atom. The minimum absolute atomic E-state index is 0.00956. The number of amides is 3. The Morgan fingerprint density at radius 2 is 1.03 bits per heavy atom. The molecule has 0 bridgehead atoms. The molecule has 0 radical (unpaired) electrons. The minimum atomic E-state index is -1.22. The van der Waals surface area contributed by atoms with E-state index in [9.17, 15) is 19.5 Å². The molecule has 2 aliphatic heterocycles. The summed E-state index contributed by atoms with van der Waals surface area (Å²) >= 11 is 13.0. The number of aromatic amines is 2. The Hall–Kier alpha value is -5.95. The van der Waals surface area contributed by atoms with Crippen LogP contribution in [0.2, 0.25) is 10.0 Å². The average Bonchev–Trinajstić information content (AvgIpc) is 4.10. The van der Waals surface area contributed by atoms with Gasteiger partial charge in [0, 0.05) is 35.7 Å². The van der Waals surface area contributed by atoms with E-state index in [4.69, 9.17) is 28.2 Å². The van der Waals surface area contributed by atoms with Crippen LogP contribution in [-0.2, 0) is 9.59 Å². The largest absolute Gasteiger partial charge is 0.465 e. The van der Waals surface area contributed by atoms with Gasteiger partial charge < -0.3 is 24.9 Å². The van der Waals surface area contributed by atoms with E-state index in [-0.39, 0.29) is 23.9 Å². The number of aromatic nitrogens is 4. The molecule has 2 aliphatic rings. The SMILES string of the molecule is CN(C)C(C(=O)N1CCCC1c1ncc(-c2ccc(-c3ccc(-c4cnc([C@@H]5CCCN5C(=O)[C@@H](c5ccccc5Cl)N(C)C(=O)O)[nH]4)cc3)cc2)[nH]1)c1ccccc1Cl. The molecule has 4 aromatic carbocycles. The maximum atomic E-state index is 14.1. The molecule has 2 fully saturated rings. The predicted molar refractivity (Wildman–Crippen MR) is 232 cm³/mol. The van der Waals surface area contributed by atoms with Crippen molar-refractivity contribution in [2.75, 3.05) is 34.2 Å². The van der Waals surface area contributed by atoms with Gasteiger partial charge in [-0.25, -0.2) is 14.8 Å². The Kier molecular flexibility index (Phi) is 11.8. The lowest BCUT2D eigenvalue weighted by atomic mass is 10.0. The second kappa shape index (κ2) is 17.3. The van der Waals surface area contributed by atoms with Crippen LogP contribution in [-0.4, -0.2) is 96.8 Å². The van der Waals surface area contributed by atoms with E-state index in [1.807, 2.05) is 66.5 Å². The topological polar surface area (TPSA) is 142 Å². The van der Waals surface area contributed by atoms with Crippen LogP contribution in [0.25, 0.3) is 33.6 Å². The summed E-state index contributed by atoms with van der Waals surface area (Å²) in [6, 6.07) is 28.8. The number of carbonyl (C=O) groups is 3. The van der Waals surface area contributed by atoms with Crippen molar-refractivity contribution in [2.45, 2.75) is 49.9 Å². The van der Waals surface area contributed by atoms with E-state index in [0.717, 1.165) is 69.2 Å². The van der Waals surface area contributed by atoms with Crippen LogP contribution in [0.1, 0.15) is 72.6 Å². The van der Waals surface area contributed by atoms with E-state index < -0.39 is 18.2 Å². The highest BCUT2D eigenvalue weighted by Crippen LogP contribution is 2.39. The van der Waals surface area contributed by atoms with Crippen molar-refractivity contribution in [3.63, 3.8) is 0 Å². The smallest absolute Gasteiger partial charge is 0.407 e. The van der Waals surface area contributed by atoms with E-state index in [1.54, 1.807) is 35.4 Å². The van der Waals surface area contributed by atoms with Crippen LogP contribution < -0.4 is 0 Å². The number of hydrogen-bond donors (Lipinski definition) is 3. The number of nitrogens with zero attached hydrogens (tertiary/aromatic N) is 6. The lowest BCUT2D eigenvalue weighted by Crippen LogP contribution is -2.43. The standard InChI is InChI=1S/C46H46Cl2N8O4/c1-53(2)40(32-10-4-6-12-34(32)47)44(57)55-24-8-14-38(55)42-49-26-36(51-42)30-20-16-28(17-21-30)29-18-22-31(23-19-29)37-27-50-43(52-37)39-15-9-25-56(39)45(58)41(54(3)46(59)60)33-11-5-7-13-35(33)48/h4-7,10-13,16-23,26-27,38-41H,8-9,14-15,24-25H2,1-3H3,(H,49,51)(H,50,52)(H,59,60)/t38?,39-,40?,41+/m0/s1. The number of likely N-dealkylation sites (tertiary alicyclic amines) is 2. The molecule has 2 aromatic heterocycles. The van der Waals surface area contributed by atoms with Crippen LogP contribution in [0.3, 0.4) is 0 Å². The number of hydrogen-bond acceptors (Lipinski definition) is 6. The fraction of sp³-hybridized carbons (Fsp3) is 0.283. The molecule has 12 nitrogen and oxygen atoms in total. The minimum Gasteiger partial charge on any atom is -0.465 e. The third-order valence-corrected chi connectivity index (χ3v) is 12.4. The highest BCUT2D eigenvalue weighted by Gasteiger charge is 2.40. The summed E-state index contributed by atoms with van der Waals surface area (Å²) in [6.07, 6.45) is 5.56. The molecule has 6 aromatic rings. The molecule has 3 amide bonds. The third kappa shape index (κ3) is 8.02. The monoisotopic (exact) mass is 844 g/mol. The summed E-state index contributed by atoms with van der Waals surface area (Å²) in [6.45, 7) is 1.13. The van der Waals surface area contributed by atoms with Gasteiger partial charge in [-0.05, 0) is 79.7 Å². The Bertz CT molecular complexity index is 2500. The Balaban J connectivity index is 0.940. The molecule has 4 atom stereocenters. The summed E-state index contributed by atoms with van der Waals surface area (Å²) in [5.41, 5.74) is 6.96. The van der Waals surface area contributed by atoms with Gasteiger partial charge in [0.2, 0.25) is 5.91 Å². The van der Waals surface area contributed by atoms with Crippen LogP contribution >= 0.6 is 23.2 Å². The number of nitrogens with one attached hydrogen (secondary N) is 2. The second-order valence-electron chi connectivity index (χ2n) is 15.6. The summed E-state index contributed by atoms with van der Waals surface area (Å²) in [5.74, 6) is 1.09. The van der Waals surface area contributed by atoms with Crippen LogP contribution in [0, 0.1) is 0 Å². The van der Waals surface area contributed by atoms with Gasteiger partial charge in [0.25, 0.3) is 5.91 Å². The van der Waals surface area contributed by atoms with Gasteiger partial charge in [-0.2, -0.15) is 0 Å². The van der Waals surface area contributed by atoms with Gasteiger partial charge >= 0.3 is 6.09 Å². The van der Waals surface area contributed by atoms with Gasteiger partial charge in [-0.3, -0.25) is 19.4 Å². The fourth-order valence-corrected chi connectivity index (χ4v) is 9.06. The summed E-state index contributed by atoms with van der Waals surface area (Å²) in [7, 11) is 5.19. The second-order valence-corrected chi connectivity index (χ2v) is 16.4. The number of carbonyl (C=O) groups excluding carboxylic acids is 2. The molecule has 4 heterocycles. The molecular formula is C46H46Cl2N8O4. The first-order valence-corrected chi connectivity index (χ1v) is 20.8. The lowest BCUT2D eigenvalue weighted by molar-refractivity contribution is -0.138. The zero-order valence-corrected chi connectivity index (χ0v) is 35.1. The van der Waals surface area contributed by atoms with Crippen molar-refractivity contribution < 1.29 is 19.5 Å². The van der Waals surface area contributed by atoms with Gasteiger partial charge in [0.1, 0.15) is 23.7 Å². The molecule has 308 valence electrons. The number of benzene rings is 4. The average molecular weight is 846 g/mol. The van der Waals surface area contributed by atoms with Crippen molar-refractivity contribution in [1.29, 1.82) is 0 Å². The zero-order chi connectivity index (χ0) is 42.1. The van der Waals surface area contributed by atoms with Crippen molar-refractivity contribution in [3.05, 3.63) is 142 Å².